The second-order valence-electron chi connectivity index (χ2n) is 5.40. The van der Waals surface area contributed by atoms with Gasteiger partial charge in [0, 0.05) is 40.0 Å². The van der Waals surface area contributed by atoms with E-state index in [1.165, 1.54) is 12.1 Å². The number of hydrogen-bond acceptors (Lipinski definition) is 5. The van der Waals surface area contributed by atoms with E-state index < -0.39 is 15.0 Å². The summed E-state index contributed by atoms with van der Waals surface area (Å²) in [4.78, 5) is -0.452. The molecule has 0 aromatic heterocycles. The molecule has 0 saturated heterocycles. The molecule has 0 fully saturated rings. The number of azo groups is 1. The molecular weight excluding hydrogens is 387 g/mol. The Labute approximate surface area is 177 Å². The first-order chi connectivity index (χ1) is 11.8. The van der Waals surface area contributed by atoms with Gasteiger partial charge in [0.15, 0.2) is 0 Å². The van der Waals surface area contributed by atoms with E-state index in [1.54, 1.807) is 25.1 Å². The largest absolute Gasteiger partial charge is 0.506 e. The van der Waals surface area contributed by atoms with Crippen molar-refractivity contribution in [1.82, 2.24) is 0 Å². The molecule has 0 atom stereocenters. The van der Waals surface area contributed by atoms with Gasteiger partial charge in [-0.15, -0.1) is 10.2 Å². The predicted molar refractivity (Wildman–Crippen MR) is 102 cm³/mol. The van der Waals surface area contributed by atoms with Crippen LogP contribution >= 0.6 is 11.6 Å². The Balaban J connectivity index is 0.00000243. The van der Waals surface area contributed by atoms with Crippen LogP contribution in [0.3, 0.4) is 0 Å². The molecule has 0 aliphatic rings. The van der Waals surface area contributed by atoms with Crippen LogP contribution in [0.4, 0.5) is 11.4 Å². The molecule has 0 unspecified atom stereocenters. The molecule has 0 heterocycles. The standard InChI is InChI=1S/C17H13ClN2O4S.Na/c1-10-8-14(16(9-13(10)18)25(22,23)24)19-20-17-12-5-3-2-4-11(12)6-7-15(17)21;/h2-9,21H,1H3,(H,22,23,24);. The number of phenolic OH excluding ortho intramolecular Hbond substituents is 1. The predicted octanol–water partition coefficient (Wildman–Crippen LogP) is 4.79. The number of benzene rings is 3. The zero-order chi connectivity index (χ0) is 18.2. The average molecular weight is 400 g/mol. The van der Waals surface area contributed by atoms with Gasteiger partial charge in [-0.1, -0.05) is 41.9 Å². The van der Waals surface area contributed by atoms with Crippen LogP contribution < -0.4 is 0 Å². The number of nitrogens with zero attached hydrogens (tertiary/aromatic N) is 2. The van der Waals surface area contributed by atoms with Crippen molar-refractivity contribution in [2.45, 2.75) is 11.8 Å². The fraction of sp³-hybridized carbons (Fsp3) is 0.0588. The fourth-order valence-electron chi connectivity index (χ4n) is 2.39. The maximum atomic E-state index is 11.6. The van der Waals surface area contributed by atoms with Crippen LogP contribution in [0.5, 0.6) is 5.75 Å². The monoisotopic (exact) mass is 399 g/mol. The van der Waals surface area contributed by atoms with Crippen molar-refractivity contribution in [3.05, 3.63) is 59.1 Å². The number of halogens is 1. The van der Waals surface area contributed by atoms with Gasteiger partial charge >= 0.3 is 0 Å². The molecule has 0 saturated carbocycles. The molecule has 9 heteroatoms. The van der Waals surface area contributed by atoms with Crippen LogP contribution in [0, 0.1) is 6.92 Å². The molecule has 26 heavy (non-hydrogen) atoms. The van der Waals surface area contributed by atoms with Gasteiger partial charge in [-0.3, -0.25) is 4.55 Å². The summed E-state index contributed by atoms with van der Waals surface area (Å²) in [5, 5.41) is 19.7. The first-order valence-corrected chi connectivity index (χ1v) is 8.99. The van der Waals surface area contributed by atoms with E-state index in [0.29, 0.717) is 10.9 Å². The Bertz CT molecular complexity index is 1120. The molecule has 129 valence electrons. The number of rotatable bonds is 3. The number of aromatic hydroxyl groups is 1. The van der Waals surface area contributed by atoms with Gasteiger partial charge in [0.05, 0.1) is 0 Å². The van der Waals surface area contributed by atoms with E-state index in [-0.39, 0.29) is 51.7 Å². The third-order valence-electron chi connectivity index (χ3n) is 3.66. The van der Waals surface area contributed by atoms with Gasteiger partial charge in [-0.2, -0.15) is 8.42 Å². The molecule has 0 amide bonds. The molecule has 3 rings (SSSR count). The fourth-order valence-corrected chi connectivity index (χ4v) is 3.24. The summed E-state index contributed by atoms with van der Waals surface area (Å²) in [5.74, 6) is -0.0958. The summed E-state index contributed by atoms with van der Waals surface area (Å²) in [6, 6.07) is 13.0. The van der Waals surface area contributed by atoms with Crippen molar-refractivity contribution in [2.24, 2.45) is 10.2 Å². The molecule has 0 spiro atoms. The minimum atomic E-state index is -4.53. The van der Waals surface area contributed by atoms with Crippen molar-refractivity contribution in [3.8, 4) is 5.75 Å². The average Bonchev–Trinajstić information content (AvgIpc) is 2.55. The first-order valence-electron chi connectivity index (χ1n) is 7.17. The molecule has 3 aromatic carbocycles. The molecule has 6 nitrogen and oxygen atoms in total. The molecule has 0 aliphatic carbocycles. The topological polar surface area (TPSA) is 99.3 Å². The van der Waals surface area contributed by atoms with Gasteiger partial charge in [-0.05, 0) is 36.1 Å². The van der Waals surface area contributed by atoms with Crippen LogP contribution in [-0.2, 0) is 10.1 Å². The molecule has 3 aromatic rings. The van der Waals surface area contributed by atoms with E-state index in [2.05, 4.69) is 10.2 Å². The van der Waals surface area contributed by atoms with Gasteiger partial charge in [0.25, 0.3) is 10.1 Å². The number of fused-ring (bicyclic) bond motifs is 1. The number of hydrogen-bond donors (Lipinski definition) is 2. The number of phenols is 1. The van der Waals surface area contributed by atoms with E-state index in [0.717, 1.165) is 11.5 Å². The molecule has 1 radical (unpaired) electrons. The SMILES string of the molecule is Cc1cc(N=Nc2c(O)ccc3ccccc23)c(S(=O)(=O)O)cc1Cl.[Na]. The van der Waals surface area contributed by atoms with Crippen LogP contribution in [0.2, 0.25) is 5.02 Å². The summed E-state index contributed by atoms with van der Waals surface area (Å²) in [6.07, 6.45) is 0. The maximum absolute atomic E-state index is 11.6. The number of aryl methyl sites for hydroxylation is 1. The summed E-state index contributed by atoms with van der Waals surface area (Å²) in [5.41, 5.74) is 0.703. The van der Waals surface area contributed by atoms with Gasteiger partial charge in [0.2, 0.25) is 0 Å². The minimum absolute atomic E-state index is 0. The summed E-state index contributed by atoms with van der Waals surface area (Å²) in [7, 11) is -4.53. The second-order valence-corrected chi connectivity index (χ2v) is 7.20. The first kappa shape index (κ1) is 20.8. The Kier molecular flexibility index (Phi) is 6.44. The molecule has 0 bridgehead atoms. The van der Waals surface area contributed by atoms with Crippen molar-refractivity contribution in [1.29, 1.82) is 0 Å². The van der Waals surface area contributed by atoms with Crippen LogP contribution in [0.25, 0.3) is 10.8 Å². The normalized spacial score (nSPS) is 11.7. The second kappa shape index (κ2) is 8.04. The summed E-state index contributed by atoms with van der Waals surface area (Å²) < 4.78 is 32.5. The summed E-state index contributed by atoms with van der Waals surface area (Å²) >= 11 is 5.92. The molecular formula is C17H13ClN2NaO4S. The third kappa shape index (κ3) is 4.25. The third-order valence-corrected chi connectivity index (χ3v) is 4.95. The molecule has 0 aliphatic heterocycles. The van der Waals surface area contributed by atoms with Crippen LogP contribution in [0.1, 0.15) is 5.56 Å². The minimum Gasteiger partial charge on any atom is -0.506 e. The van der Waals surface area contributed by atoms with Crippen molar-refractivity contribution >= 4 is 73.4 Å². The van der Waals surface area contributed by atoms with Gasteiger partial charge < -0.3 is 5.11 Å². The Morgan fingerprint density at radius 3 is 2.42 bits per heavy atom. The Morgan fingerprint density at radius 1 is 1.04 bits per heavy atom. The van der Waals surface area contributed by atoms with Crippen molar-refractivity contribution < 1.29 is 18.1 Å². The molecule has 2 N–H and O–H groups in total. The van der Waals surface area contributed by atoms with Crippen molar-refractivity contribution in [2.75, 3.05) is 0 Å². The van der Waals surface area contributed by atoms with Gasteiger partial charge in [0.1, 0.15) is 22.0 Å². The van der Waals surface area contributed by atoms with E-state index >= 15 is 0 Å². The van der Waals surface area contributed by atoms with E-state index in [1.807, 2.05) is 12.1 Å². The van der Waals surface area contributed by atoms with E-state index in [9.17, 15) is 18.1 Å². The summed E-state index contributed by atoms with van der Waals surface area (Å²) in [6.45, 7) is 1.67. The zero-order valence-corrected chi connectivity index (χ0v) is 17.6. The van der Waals surface area contributed by atoms with E-state index in [4.69, 9.17) is 11.6 Å². The maximum Gasteiger partial charge on any atom is 0.296 e. The van der Waals surface area contributed by atoms with Crippen LogP contribution in [0.15, 0.2) is 63.7 Å². The van der Waals surface area contributed by atoms with Crippen molar-refractivity contribution in [3.63, 3.8) is 0 Å². The smallest absolute Gasteiger partial charge is 0.296 e. The van der Waals surface area contributed by atoms with Gasteiger partial charge in [-0.25, -0.2) is 0 Å². The Morgan fingerprint density at radius 2 is 1.73 bits per heavy atom. The quantitative estimate of drug-likeness (QED) is 0.375. The Hall–Kier alpha value is -1.48. The zero-order valence-electron chi connectivity index (χ0n) is 14.0. The van der Waals surface area contributed by atoms with Crippen LogP contribution in [-0.4, -0.2) is 47.6 Å².